The predicted molar refractivity (Wildman–Crippen MR) is 112 cm³/mol. The highest BCUT2D eigenvalue weighted by atomic mass is 35.5. The molecule has 0 spiro atoms. The zero-order valence-electron chi connectivity index (χ0n) is 14.6. The zero-order valence-corrected chi connectivity index (χ0v) is 16.9. The molecule has 1 aliphatic carbocycles. The van der Waals surface area contributed by atoms with Crippen LogP contribution in [0.4, 0.5) is 10.5 Å². The van der Waals surface area contributed by atoms with Crippen LogP contribution in [-0.4, -0.2) is 28.2 Å². The van der Waals surface area contributed by atoms with E-state index in [4.69, 9.17) is 23.2 Å². The van der Waals surface area contributed by atoms with Crippen LogP contribution in [0.2, 0.25) is 10.0 Å². The van der Waals surface area contributed by atoms with Crippen LogP contribution < -0.4 is 10.2 Å². The van der Waals surface area contributed by atoms with Crippen molar-refractivity contribution >= 4 is 57.5 Å². The molecular formula is C20H15Cl2N3O2S. The SMILES string of the molecule is O=C1NC2C=C(c3c(Cl)cccc3Cl)SC2C(=O)N1c1cncc(C2CC2)c1. The summed E-state index contributed by atoms with van der Waals surface area (Å²) in [6.45, 7) is 0. The summed E-state index contributed by atoms with van der Waals surface area (Å²) < 4.78 is 0. The van der Waals surface area contributed by atoms with Crippen molar-refractivity contribution in [2.24, 2.45) is 0 Å². The first-order chi connectivity index (χ1) is 13.5. The average Bonchev–Trinajstić information content (AvgIpc) is 3.43. The second-order valence-corrected chi connectivity index (χ2v) is 9.06. The van der Waals surface area contributed by atoms with Crippen LogP contribution in [0.3, 0.4) is 0 Å². The first-order valence-corrected chi connectivity index (χ1v) is 10.6. The predicted octanol–water partition coefficient (Wildman–Crippen LogP) is 4.85. The Morgan fingerprint density at radius 2 is 1.89 bits per heavy atom. The van der Waals surface area contributed by atoms with Crippen molar-refractivity contribution in [3.8, 4) is 0 Å². The van der Waals surface area contributed by atoms with Crippen LogP contribution in [0.5, 0.6) is 0 Å². The molecule has 142 valence electrons. The van der Waals surface area contributed by atoms with Crippen molar-refractivity contribution in [2.45, 2.75) is 30.1 Å². The molecule has 2 atom stereocenters. The van der Waals surface area contributed by atoms with Crippen LogP contribution in [0.25, 0.3) is 4.91 Å². The van der Waals surface area contributed by atoms with Crippen molar-refractivity contribution in [3.05, 3.63) is 63.9 Å². The van der Waals surface area contributed by atoms with Crippen molar-refractivity contribution in [1.29, 1.82) is 0 Å². The Hall–Kier alpha value is -2.02. The number of amides is 3. The molecule has 2 aromatic rings. The van der Waals surface area contributed by atoms with Crippen LogP contribution in [-0.2, 0) is 4.79 Å². The highest BCUT2D eigenvalue weighted by molar-refractivity contribution is 8.09. The number of nitrogens with zero attached hydrogens (tertiary/aromatic N) is 2. The molecule has 8 heteroatoms. The number of carbonyl (C=O) groups is 2. The Labute approximate surface area is 176 Å². The number of halogens is 2. The summed E-state index contributed by atoms with van der Waals surface area (Å²) in [7, 11) is 0. The number of carbonyl (C=O) groups excluding carboxylic acids is 2. The van der Waals surface area contributed by atoms with Gasteiger partial charge in [0.2, 0.25) is 0 Å². The Balaban J connectivity index is 1.45. The summed E-state index contributed by atoms with van der Waals surface area (Å²) in [5.74, 6) is 0.225. The Bertz CT molecular complexity index is 1020. The summed E-state index contributed by atoms with van der Waals surface area (Å²) in [5.41, 5.74) is 2.27. The third-order valence-corrected chi connectivity index (χ3v) is 7.10. The van der Waals surface area contributed by atoms with Crippen molar-refractivity contribution in [3.63, 3.8) is 0 Å². The first kappa shape index (κ1) is 18.0. The molecule has 1 aromatic carbocycles. The summed E-state index contributed by atoms with van der Waals surface area (Å²) in [4.78, 5) is 32.1. The molecule has 3 aliphatic rings. The van der Waals surface area contributed by atoms with E-state index >= 15 is 0 Å². The number of rotatable bonds is 3. The van der Waals surface area contributed by atoms with E-state index < -0.39 is 17.3 Å². The van der Waals surface area contributed by atoms with Gasteiger partial charge in [-0.25, -0.2) is 9.69 Å². The number of hydrogen-bond donors (Lipinski definition) is 1. The van der Waals surface area contributed by atoms with E-state index in [9.17, 15) is 9.59 Å². The lowest BCUT2D eigenvalue weighted by molar-refractivity contribution is -0.118. The van der Waals surface area contributed by atoms with Gasteiger partial charge < -0.3 is 5.32 Å². The maximum absolute atomic E-state index is 13.2. The van der Waals surface area contributed by atoms with Crippen LogP contribution in [0.15, 0.2) is 42.7 Å². The van der Waals surface area contributed by atoms with E-state index in [0.717, 1.165) is 23.3 Å². The Morgan fingerprint density at radius 1 is 1.14 bits per heavy atom. The molecule has 5 nitrogen and oxygen atoms in total. The number of aromatic nitrogens is 1. The van der Waals surface area contributed by atoms with E-state index in [1.807, 2.05) is 12.1 Å². The molecule has 3 heterocycles. The molecule has 2 unspecified atom stereocenters. The topological polar surface area (TPSA) is 62.3 Å². The van der Waals surface area contributed by atoms with Crippen LogP contribution in [0, 0.1) is 0 Å². The van der Waals surface area contributed by atoms with E-state index in [-0.39, 0.29) is 5.91 Å². The van der Waals surface area contributed by atoms with Gasteiger partial charge >= 0.3 is 6.03 Å². The van der Waals surface area contributed by atoms with Gasteiger partial charge in [-0.15, -0.1) is 11.8 Å². The normalized spacial score (nSPS) is 24.1. The largest absolute Gasteiger partial charge is 0.329 e. The van der Waals surface area contributed by atoms with Gasteiger partial charge in [0, 0.05) is 16.7 Å². The van der Waals surface area contributed by atoms with Gasteiger partial charge in [-0.3, -0.25) is 9.78 Å². The lowest BCUT2D eigenvalue weighted by Crippen LogP contribution is -2.60. The molecule has 1 saturated heterocycles. The van der Waals surface area contributed by atoms with Gasteiger partial charge in [0.1, 0.15) is 5.25 Å². The number of benzene rings is 1. The smallest absolute Gasteiger partial charge is 0.329 e. The van der Waals surface area contributed by atoms with Gasteiger partial charge in [-0.1, -0.05) is 29.3 Å². The van der Waals surface area contributed by atoms with Gasteiger partial charge in [0.15, 0.2) is 0 Å². The van der Waals surface area contributed by atoms with Crippen LogP contribution in [0.1, 0.15) is 29.9 Å². The first-order valence-electron chi connectivity index (χ1n) is 8.95. The van der Waals surface area contributed by atoms with E-state index in [2.05, 4.69) is 10.3 Å². The zero-order chi connectivity index (χ0) is 19.4. The fraction of sp³-hybridized carbons (Fsp3) is 0.250. The molecule has 3 amide bonds. The standard InChI is InChI=1S/C20H15Cl2N3O2S/c21-13-2-1-3-14(22)17(13)16-7-15-18(28-16)19(26)25(20(27)24-15)12-6-11(8-23-9-12)10-4-5-10/h1-3,6-10,15,18H,4-5H2,(H,24,27). The number of anilines is 1. The number of nitrogens with one attached hydrogen (secondary N) is 1. The third-order valence-electron chi connectivity index (χ3n) is 5.13. The van der Waals surface area contributed by atoms with E-state index in [1.165, 1.54) is 16.7 Å². The minimum absolute atomic E-state index is 0.261. The minimum Gasteiger partial charge on any atom is -0.329 e. The summed E-state index contributed by atoms with van der Waals surface area (Å²) in [5, 5.41) is 3.48. The van der Waals surface area contributed by atoms with E-state index in [0.29, 0.717) is 27.2 Å². The quantitative estimate of drug-likeness (QED) is 0.754. The molecule has 2 fully saturated rings. The van der Waals surface area contributed by atoms with Crippen molar-refractivity contribution < 1.29 is 9.59 Å². The molecule has 0 radical (unpaired) electrons. The molecule has 28 heavy (non-hydrogen) atoms. The number of hydrogen-bond acceptors (Lipinski definition) is 4. The highest BCUT2D eigenvalue weighted by Gasteiger charge is 2.45. The molecular weight excluding hydrogens is 417 g/mol. The average molecular weight is 432 g/mol. The fourth-order valence-corrected chi connectivity index (χ4v) is 5.63. The van der Waals surface area contributed by atoms with Crippen molar-refractivity contribution in [2.75, 3.05) is 4.90 Å². The Kier molecular flexibility index (Phi) is 4.38. The third kappa shape index (κ3) is 3.00. The minimum atomic E-state index is -0.468. The summed E-state index contributed by atoms with van der Waals surface area (Å²) >= 11 is 14.0. The highest BCUT2D eigenvalue weighted by Crippen LogP contribution is 2.47. The van der Waals surface area contributed by atoms with Gasteiger partial charge in [-0.2, -0.15) is 0 Å². The molecule has 0 bridgehead atoms. The number of pyridine rings is 1. The van der Waals surface area contributed by atoms with Crippen molar-refractivity contribution in [1.82, 2.24) is 10.3 Å². The second kappa shape index (κ2) is 6.79. The Morgan fingerprint density at radius 3 is 2.61 bits per heavy atom. The fourth-order valence-electron chi connectivity index (χ4n) is 3.58. The molecule has 1 saturated carbocycles. The summed E-state index contributed by atoms with van der Waals surface area (Å²) in [6, 6.07) is 6.34. The maximum Gasteiger partial charge on any atom is 0.329 e. The number of thioether (sulfide) groups is 1. The van der Waals surface area contributed by atoms with Gasteiger partial charge in [0.25, 0.3) is 5.91 Å². The molecule has 1 N–H and O–H groups in total. The molecule has 1 aromatic heterocycles. The monoisotopic (exact) mass is 431 g/mol. The molecule has 5 rings (SSSR count). The van der Waals surface area contributed by atoms with Gasteiger partial charge in [-0.05, 0) is 48.6 Å². The number of urea groups is 1. The number of fused-ring (bicyclic) bond motifs is 1. The molecule has 2 aliphatic heterocycles. The maximum atomic E-state index is 13.2. The summed E-state index contributed by atoms with van der Waals surface area (Å²) in [6.07, 6.45) is 7.46. The lowest BCUT2D eigenvalue weighted by Gasteiger charge is -2.33. The lowest BCUT2D eigenvalue weighted by atomic mass is 10.1. The van der Waals surface area contributed by atoms with E-state index in [1.54, 1.807) is 30.6 Å². The van der Waals surface area contributed by atoms with Gasteiger partial charge in [0.05, 0.1) is 28.0 Å². The van der Waals surface area contributed by atoms with Crippen LogP contribution >= 0.6 is 35.0 Å². The number of imide groups is 1. The second-order valence-electron chi connectivity index (χ2n) is 7.07.